The lowest BCUT2D eigenvalue weighted by Crippen LogP contribution is -2.24. The molecule has 0 bridgehead atoms. The van der Waals surface area contributed by atoms with Gasteiger partial charge in [0, 0.05) is 5.69 Å². The molecule has 37 heavy (non-hydrogen) atoms. The predicted octanol–water partition coefficient (Wildman–Crippen LogP) is 3.86. The van der Waals surface area contributed by atoms with E-state index in [1.165, 1.54) is 48.7 Å². The third-order valence-electron chi connectivity index (χ3n) is 4.63. The summed E-state index contributed by atoms with van der Waals surface area (Å²) >= 11 is 0. The Hall–Kier alpha value is -4.80. The van der Waals surface area contributed by atoms with Crippen LogP contribution in [0.3, 0.4) is 0 Å². The summed E-state index contributed by atoms with van der Waals surface area (Å²) in [5, 5.41) is 8.73. The highest BCUT2D eigenvalue weighted by molar-refractivity contribution is 6.03. The Kier molecular flexibility index (Phi) is 9.66. The molecule has 0 atom stereocenters. The second kappa shape index (κ2) is 13.3. The predicted molar refractivity (Wildman–Crippen MR) is 134 cm³/mol. The summed E-state index contributed by atoms with van der Waals surface area (Å²) in [6.07, 6.45) is 0.855. The van der Waals surface area contributed by atoms with Gasteiger partial charge in [-0.2, -0.15) is 5.10 Å². The van der Waals surface area contributed by atoms with Gasteiger partial charge in [-0.15, -0.1) is 0 Å². The monoisotopic (exact) mass is 510 g/mol. The molecule has 0 saturated carbocycles. The first-order chi connectivity index (χ1) is 17.8. The number of nitrogens with one attached hydrogen (secondary N) is 3. The number of amides is 3. The number of hydrogen-bond acceptors (Lipinski definition) is 6. The molecule has 192 valence electrons. The second-order valence-corrected chi connectivity index (χ2v) is 7.48. The molecule has 0 heterocycles. The number of hydrazone groups is 1. The zero-order chi connectivity index (χ0) is 26.6. The average Bonchev–Trinajstić information content (AvgIpc) is 2.86. The van der Waals surface area contributed by atoms with E-state index >= 15 is 0 Å². The molecule has 0 radical (unpaired) electrons. The van der Waals surface area contributed by atoms with Gasteiger partial charge in [-0.05, 0) is 67.1 Å². The lowest BCUT2D eigenvalue weighted by atomic mass is 10.2. The summed E-state index contributed by atoms with van der Waals surface area (Å²) in [7, 11) is 0. The van der Waals surface area contributed by atoms with E-state index in [2.05, 4.69) is 21.2 Å². The molecule has 0 aliphatic carbocycles. The Bertz CT molecular complexity index is 1280. The minimum absolute atomic E-state index is 0.0441. The summed E-state index contributed by atoms with van der Waals surface area (Å²) in [5.41, 5.74) is 3.19. The van der Waals surface area contributed by atoms with Crippen molar-refractivity contribution >= 4 is 35.3 Å². The van der Waals surface area contributed by atoms with Crippen molar-refractivity contribution in [1.82, 2.24) is 5.43 Å². The van der Waals surface area contributed by atoms with Gasteiger partial charge in [0.15, 0.2) is 18.1 Å². The number of nitrogens with zero attached hydrogens (tertiary/aromatic N) is 1. The quantitative estimate of drug-likeness (QED) is 0.206. The van der Waals surface area contributed by atoms with Crippen molar-refractivity contribution in [3.05, 3.63) is 83.9 Å². The Morgan fingerprint density at radius 2 is 1.62 bits per heavy atom. The second-order valence-electron chi connectivity index (χ2n) is 7.48. The van der Waals surface area contributed by atoms with Gasteiger partial charge >= 0.3 is 0 Å². The summed E-state index contributed by atoms with van der Waals surface area (Å²) in [6, 6.07) is 15.7. The van der Waals surface area contributed by atoms with Crippen LogP contribution < -0.4 is 25.5 Å². The Balaban J connectivity index is 1.51. The van der Waals surface area contributed by atoms with Gasteiger partial charge in [0.25, 0.3) is 5.91 Å². The minimum Gasteiger partial charge on any atom is -0.490 e. The molecule has 0 saturated heterocycles. The molecule has 3 aromatic carbocycles. The Morgan fingerprint density at radius 3 is 2.35 bits per heavy atom. The van der Waals surface area contributed by atoms with Crippen molar-refractivity contribution < 1.29 is 32.6 Å². The van der Waals surface area contributed by atoms with Gasteiger partial charge in [-0.3, -0.25) is 14.4 Å². The molecule has 3 N–H and O–H groups in total. The fraction of sp³-hybridized carbons (Fsp3) is 0.154. The molecule has 11 heteroatoms. The van der Waals surface area contributed by atoms with Crippen LogP contribution in [0.5, 0.6) is 11.5 Å². The first-order valence-corrected chi connectivity index (χ1v) is 11.2. The molecule has 0 unspecified atom stereocenters. The highest BCUT2D eigenvalue weighted by Gasteiger charge is 2.12. The highest BCUT2D eigenvalue weighted by atomic mass is 19.1. The van der Waals surface area contributed by atoms with E-state index in [4.69, 9.17) is 9.47 Å². The van der Waals surface area contributed by atoms with Gasteiger partial charge in [-0.1, -0.05) is 12.1 Å². The molecular weight excluding hydrogens is 486 g/mol. The summed E-state index contributed by atoms with van der Waals surface area (Å²) in [6.45, 7) is 1.71. The van der Waals surface area contributed by atoms with Crippen molar-refractivity contribution in [1.29, 1.82) is 0 Å². The van der Waals surface area contributed by atoms with Gasteiger partial charge in [0.05, 0.1) is 18.5 Å². The molecular formula is C26H24F2N4O5. The van der Waals surface area contributed by atoms with E-state index in [0.29, 0.717) is 23.6 Å². The van der Waals surface area contributed by atoms with Crippen molar-refractivity contribution in [2.45, 2.75) is 13.3 Å². The van der Waals surface area contributed by atoms with Crippen LogP contribution in [0.2, 0.25) is 0 Å². The van der Waals surface area contributed by atoms with Crippen molar-refractivity contribution in [2.75, 3.05) is 23.8 Å². The molecule has 0 spiro atoms. The van der Waals surface area contributed by atoms with E-state index in [9.17, 15) is 23.2 Å². The molecule has 3 rings (SSSR count). The zero-order valence-electron chi connectivity index (χ0n) is 19.8. The van der Waals surface area contributed by atoms with E-state index in [1.54, 1.807) is 31.2 Å². The smallest absolute Gasteiger partial charge is 0.262 e. The Morgan fingerprint density at radius 1 is 0.865 bits per heavy atom. The molecule has 0 aromatic heterocycles. The van der Waals surface area contributed by atoms with E-state index in [0.717, 1.165) is 0 Å². The van der Waals surface area contributed by atoms with Crippen molar-refractivity contribution in [3.8, 4) is 11.5 Å². The van der Waals surface area contributed by atoms with Crippen molar-refractivity contribution in [2.24, 2.45) is 5.10 Å². The first-order valence-electron chi connectivity index (χ1n) is 11.2. The number of anilines is 2. The SMILES string of the molecule is CCOc1cc(C=NNC(=O)CC(=O)Nc2ccc(F)cc2)ccc1OCC(=O)Nc1ccccc1F. The van der Waals surface area contributed by atoms with Crippen LogP contribution in [0.1, 0.15) is 18.9 Å². The van der Waals surface area contributed by atoms with E-state index in [1.807, 2.05) is 0 Å². The van der Waals surface area contributed by atoms with Crippen LogP contribution in [0.4, 0.5) is 20.2 Å². The zero-order valence-corrected chi connectivity index (χ0v) is 19.8. The first kappa shape index (κ1) is 26.8. The molecule has 0 fully saturated rings. The van der Waals surface area contributed by atoms with Crippen LogP contribution >= 0.6 is 0 Å². The normalized spacial score (nSPS) is 10.6. The summed E-state index contributed by atoms with van der Waals surface area (Å²) in [5.74, 6) is -2.18. The number of carbonyl (C=O) groups excluding carboxylic acids is 3. The van der Waals surface area contributed by atoms with E-state index < -0.39 is 35.8 Å². The maximum absolute atomic E-state index is 13.7. The molecule has 0 aliphatic rings. The largest absolute Gasteiger partial charge is 0.490 e. The molecule has 0 aliphatic heterocycles. The van der Waals surface area contributed by atoms with Crippen LogP contribution in [0.15, 0.2) is 71.8 Å². The summed E-state index contributed by atoms with van der Waals surface area (Å²) < 4.78 is 37.7. The fourth-order valence-corrected chi connectivity index (χ4v) is 2.99. The standard InChI is InChI=1S/C26H24F2N4O5/c1-2-36-23-13-17(7-12-22(23)37-16-26(35)31-21-6-4-3-5-20(21)28)15-29-32-25(34)14-24(33)30-19-10-8-18(27)9-11-19/h3-13,15H,2,14,16H2,1H3,(H,30,33)(H,31,35)(H,32,34). The van der Waals surface area contributed by atoms with Crippen LogP contribution in [0.25, 0.3) is 0 Å². The molecule has 9 nitrogen and oxygen atoms in total. The lowest BCUT2D eigenvalue weighted by molar-refractivity contribution is -0.126. The highest BCUT2D eigenvalue weighted by Crippen LogP contribution is 2.28. The van der Waals surface area contributed by atoms with Gasteiger partial charge < -0.3 is 20.1 Å². The lowest BCUT2D eigenvalue weighted by Gasteiger charge is -2.13. The number of halogens is 2. The number of para-hydroxylation sites is 1. The third-order valence-corrected chi connectivity index (χ3v) is 4.63. The number of ether oxygens (including phenoxy) is 2. The van der Waals surface area contributed by atoms with Gasteiger partial charge in [-0.25, -0.2) is 14.2 Å². The number of benzene rings is 3. The minimum atomic E-state index is -0.651. The maximum Gasteiger partial charge on any atom is 0.262 e. The van der Waals surface area contributed by atoms with Gasteiger partial charge in [0.2, 0.25) is 11.8 Å². The van der Waals surface area contributed by atoms with Gasteiger partial charge in [0.1, 0.15) is 18.1 Å². The maximum atomic E-state index is 13.7. The topological polar surface area (TPSA) is 118 Å². The van der Waals surface area contributed by atoms with Crippen LogP contribution in [0, 0.1) is 11.6 Å². The van der Waals surface area contributed by atoms with Crippen LogP contribution in [-0.4, -0.2) is 37.1 Å². The van der Waals surface area contributed by atoms with E-state index in [-0.39, 0.29) is 18.0 Å². The number of hydrogen-bond donors (Lipinski definition) is 3. The fourth-order valence-electron chi connectivity index (χ4n) is 2.99. The molecule has 3 amide bonds. The summed E-state index contributed by atoms with van der Waals surface area (Å²) in [4.78, 5) is 36.0. The van der Waals surface area contributed by atoms with Crippen molar-refractivity contribution in [3.63, 3.8) is 0 Å². The number of carbonyl (C=O) groups is 3. The molecule has 3 aromatic rings. The average molecular weight is 510 g/mol. The third kappa shape index (κ3) is 8.73. The number of rotatable bonds is 11. The van der Waals surface area contributed by atoms with Crippen LogP contribution in [-0.2, 0) is 14.4 Å². The Labute approximate surface area is 211 Å².